The van der Waals surface area contributed by atoms with E-state index in [2.05, 4.69) is 39.4 Å². The maximum absolute atomic E-state index is 3.52. The Bertz CT molecular complexity index is 322. The standard InChI is InChI=1S/C12H16BrN/c1-14-8-9-2-3-11-7-12(13)5-4-10(11)6-9/h4-5,7,9,14H,2-3,6,8H2,1H3. The molecule has 1 unspecified atom stereocenters. The molecule has 14 heavy (non-hydrogen) atoms. The lowest BCUT2D eigenvalue weighted by Crippen LogP contribution is -2.24. The Kier molecular flexibility index (Phi) is 3.24. The van der Waals surface area contributed by atoms with E-state index < -0.39 is 0 Å². The van der Waals surface area contributed by atoms with Crippen LogP contribution in [0.5, 0.6) is 0 Å². The van der Waals surface area contributed by atoms with Gasteiger partial charge in [0.15, 0.2) is 0 Å². The third-order valence-corrected chi connectivity index (χ3v) is 3.48. The predicted molar refractivity (Wildman–Crippen MR) is 63.6 cm³/mol. The topological polar surface area (TPSA) is 12.0 Å². The molecule has 1 aliphatic carbocycles. The molecule has 0 bridgehead atoms. The number of nitrogens with one attached hydrogen (secondary N) is 1. The number of hydrogen-bond acceptors (Lipinski definition) is 1. The van der Waals surface area contributed by atoms with Crippen LogP contribution in [0, 0.1) is 5.92 Å². The number of rotatable bonds is 2. The third kappa shape index (κ3) is 2.18. The summed E-state index contributed by atoms with van der Waals surface area (Å²) in [6, 6.07) is 6.69. The summed E-state index contributed by atoms with van der Waals surface area (Å²) in [4.78, 5) is 0. The maximum atomic E-state index is 3.52. The second kappa shape index (κ2) is 4.45. The molecule has 0 amide bonds. The highest BCUT2D eigenvalue weighted by Crippen LogP contribution is 2.27. The van der Waals surface area contributed by atoms with Crippen LogP contribution in [0.3, 0.4) is 0 Å². The lowest BCUT2D eigenvalue weighted by molar-refractivity contribution is 0.440. The van der Waals surface area contributed by atoms with Crippen molar-refractivity contribution in [3.63, 3.8) is 0 Å². The Morgan fingerprint density at radius 2 is 2.29 bits per heavy atom. The molecule has 0 saturated carbocycles. The molecule has 1 aromatic carbocycles. The summed E-state index contributed by atoms with van der Waals surface area (Å²) in [6.45, 7) is 1.15. The van der Waals surface area contributed by atoms with Gasteiger partial charge in [0.05, 0.1) is 0 Å². The van der Waals surface area contributed by atoms with Crippen LogP contribution in [0.25, 0.3) is 0 Å². The van der Waals surface area contributed by atoms with E-state index in [-0.39, 0.29) is 0 Å². The summed E-state index contributed by atoms with van der Waals surface area (Å²) in [6.07, 6.45) is 3.80. The van der Waals surface area contributed by atoms with Gasteiger partial charge in [-0.15, -0.1) is 0 Å². The van der Waals surface area contributed by atoms with Crippen LogP contribution in [0.4, 0.5) is 0 Å². The SMILES string of the molecule is CNCC1CCc2cc(Br)ccc2C1. The number of benzene rings is 1. The van der Waals surface area contributed by atoms with Crippen molar-refractivity contribution in [2.75, 3.05) is 13.6 Å². The number of hydrogen-bond donors (Lipinski definition) is 1. The van der Waals surface area contributed by atoms with Gasteiger partial charge in [-0.2, -0.15) is 0 Å². The minimum atomic E-state index is 0.827. The van der Waals surface area contributed by atoms with Gasteiger partial charge in [-0.3, -0.25) is 0 Å². The molecule has 0 radical (unpaired) electrons. The highest BCUT2D eigenvalue weighted by molar-refractivity contribution is 9.10. The van der Waals surface area contributed by atoms with Gasteiger partial charge < -0.3 is 5.32 Å². The average Bonchev–Trinajstić information content (AvgIpc) is 2.19. The molecular formula is C12H16BrN. The van der Waals surface area contributed by atoms with E-state index in [1.54, 1.807) is 5.56 Å². The van der Waals surface area contributed by atoms with Crippen molar-refractivity contribution in [3.05, 3.63) is 33.8 Å². The van der Waals surface area contributed by atoms with Crippen LogP contribution in [-0.4, -0.2) is 13.6 Å². The summed E-state index contributed by atoms with van der Waals surface area (Å²) >= 11 is 3.52. The first kappa shape index (κ1) is 10.2. The van der Waals surface area contributed by atoms with Gasteiger partial charge in [0.2, 0.25) is 0 Å². The van der Waals surface area contributed by atoms with Gasteiger partial charge in [-0.25, -0.2) is 0 Å². The molecule has 1 aliphatic rings. The van der Waals surface area contributed by atoms with Crippen molar-refractivity contribution in [2.45, 2.75) is 19.3 Å². The molecule has 0 aromatic heterocycles. The molecular weight excluding hydrogens is 238 g/mol. The summed E-state index contributed by atoms with van der Waals surface area (Å²) in [5, 5.41) is 3.27. The van der Waals surface area contributed by atoms with Crippen LogP contribution < -0.4 is 5.32 Å². The van der Waals surface area contributed by atoms with Crippen LogP contribution in [0.2, 0.25) is 0 Å². The molecule has 0 aliphatic heterocycles. The van der Waals surface area contributed by atoms with Gasteiger partial charge in [0, 0.05) is 4.47 Å². The fourth-order valence-electron chi connectivity index (χ4n) is 2.26. The van der Waals surface area contributed by atoms with Gasteiger partial charge >= 0.3 is 0 Å². The van der Waals surface area contributed by atoms with Gasteiger partial charge in [0.25, 0.3) is 0 Å². The van der Waals surface area contributed by atoms with Crippen molar-refractivity contribution < 1.29 is 0 Å². The fourth-order valence-corrected chi connectivity index (χ4v) is 2.67. The lowest BCUT2D eigenvalue weighted by atomic mass is 9.84. The monoisotopic (exact) mass is 253 g/mol. The van der Waals surface area contributed by atoms with E-state index >= 15 is 0 Å². The predicted octanol–water partition coefficient (Wildman–Crippen LogP) is 2.77. The zero-order valence-corrected chi connectivity index (χ0v) is 10.1. The first-order chi connectivity index (χ1) is 6.79. The molecule has 1 nitrogen and oxygen atoms in total. The maximum Gasteiger partial charge on any atom is 0.0178 e. The Morgan fingerprint density at radius 1 is 1.43 bits per heavy atom. The average molecular weight is 254 g/mol. The van der Waals surface area contributed by atoms with E-state index in [1.807, 2.05) is 7.05 Å². The van der Waals surface area contributed by atoms with Crippen molar-refractivity contribution in [1.82, 2.24) is 5.32 Å². The van der Waals surface area contributed by atoms with Gasteiger partial charge in [0.1, 0.15) is 0 Å². The second-order valence-electron chi connectivity index (χ2n) is 4.08. The highest BCUT2D eigenvalue weighted by Gasteiger charge is 2.17. The first-order valence-electron chi connectivity index (χ1n) is 5.21. The Labute approximate surface area is 94.0 Å². The number of fused-ring (bicyclic) bond motifs is 1. The number of aryl methyl sites for hydroxylation is 1. The first-order valence-corrected chi connectivity index (χ1v) is 6.01. The molecule has 2 rings (SSSR count). The minimum absolute atomic E-state index is 0.827. The Balaban J connectivity index is 2.15. The molecule has 1 N–H and O–H groups in total. The van der Waals surface area contributed by atoms with Gasteiger partial charge in [-0.1, -0.05) is 22.0 Å². The summed E-state index contributed by atoms with van der Waals surface area (Å²) < 4.78 is 1.21. The zero-order valence-electron chi connectivity index (χ0n) is 8.52. The zero-order chi connectivity index (χ0) is 9.97. The largest absolute Gasteiger partial charge is 0.319 e. The van der Waals surface area contributed by atoms with E-state index in [1.165, 1.54) is 29.3 Å². The molecule has 76 valence electrons. The van der Waals surface area contributed by atoms with Crippen molar-refractivity contribution >= 4 is 15.9 Å². The molecule has 2 heteroatoms. The van der Waals surface area contributed by atoms with Gasteiger partial charge in [-0.05, 0) is 62.0 Å². The molecule has 0 saturated heterocycles. The molecule has 0 spiro atoms. The fraction of sp³-hybridized carbons (Fsp3) is 0.500. The summed E-state index contributed by atoms with van der Waals surface area (Å²) in [5.41, 5.74) is 3.08. The van der Waals surface area contributed by atoms with Crippen molar-refractivity contribution in [2.24, 2.45) is 5.92 Å². The van der Waals surface area contributed by atoms with Crippen LogP contribution in [-0.2, 0) is 12.8 Å². The molecule has 0 fully saturated rings. The quantitative estimate of drug-likeness (QED) is 0.855. The Morgan fingerprint density at radius 3 is 3.07 bits per heavy atom. The molecule has 1 aromatic rings. The minimum Gasteiger partial charge on any atom is -0.319 e. The third-order valence-electron chi connectivity index (χ3n) is 2.99. The van der Waals surface area contributed by atoms with Crippen molar-refractivity contribution in [1.29, 1.82) is 0 Å². The summed E-state index contributed by atoms with van der Waals surface area (Å²) in [5.74, 6) is 0.827. The Hall–Kier alpha value is -0.340. The van der Waals surface area contributed by atoms with Crippen LogP contribution in [0.15, 0.2) is 22.7 Å². The van der Waals surface area contributed by atoms with E-state index in [9.17, 15) is 0 Å². The molecule has 0 heterocycles. The smallest absolute Gasteiger partial charge is 0.0178 e. The van der Waals surface area contributed by atoms with Crippen molar-refractivity contribution in [3.8, 4) is 0 Å². The normalized spacial score (nSPS) is 20.6. The second-order valence-corrected chi connectivity index (χ2v) is 5.00. The highest BCUT2D eigenvalue weighted by atomic mass is 79.9. The van der Waals surface area contributed by atoms with E-state index in [4.69, 9.17) is 0 Å². The van der Waals surface area contributed by atoms with E-state index in [0.29, 0.717) is 0 Å². The lowest BCUT2D eigenvalue weighted by Gasteiger charge is -2.24. The summed E-state index contributed by atoms with van der Waals surface area (Å²) in [7, 11) is 2.04. The van der Waals surface area contributed by atoms with Crippen LogP contribution in [0.1, 0.15) is 17.5 Å². The number of halogens is 1. The molecule has 1 atom stereocenters. The van der Waals surface area contributed by atoms with E-state index in [0.717, 1.165) is 12.5 Å². The van der Waals surface area contributed by atoms with Crippen LogP contribution >= 0.6 is 15.9 Å².